The van der Waals surface area contributed by atoms with Crippen LogP contribution in [0, 0.1) is 6.92 Å². The summed E-state index contributed by atoms with van der Waals surface area (Å²) in [6.07, 6.45) is 0. The second-order valence-corrected chi connectivity index (χ2v) is 5.55. The van der Waals surface area contributed by atoms with Crippen LogP contribution in [0.15, 0.2) is 0 Å². The van der Waals surface area contributed by atoms with Crippen molar-refractivity contribution in [3.63, 3.8) is 0 Å². The average Bonchev–Trinajstić information content (AvgIpc) is 2.27. The molecule has 0 fully saturated rings. The zero-order valence-corrected chi connectivity index (χ0v) is 12.2. The fourth-order valence-corrected chi connectivity index (χ4v) is 1.56. The molecule has 0 saturated heterocycles. The fraction of sp³-hybridized carbons (Fsp3) is 0.692. The number of nitrogen functional groups attached to an aromatic ring is 1. The fourth-order valence-electron chi connectivity index (χ4n) is 1.56. The van der Waals surface area contributed by atoms with Crippen LogP contribution in [0.2, 0.25) is 0 Å². The highest BCUT2D eigenvalue weighted by molar-refractivity contribution is 5.56. The van der Waals surface area contributed by atoms with E-state index >= 15 is 0 Å². The Labute approximate surface area is 109 Å². The predicted molar refractivity (Wildman–Crippen MR) is 75.0 cm³/mol. The van der Waals surface area contributed by atoms with E-state index in [1.54, 1.807) is 7.11 Å². The third kappa shape index (κ3) is 3.32. The molecule has 0 atom stereocenters. The Balaban J connectivity index is 3.14. The van der Waals surface area contributed by atoms with E-state index in [4.69, 9.17) is 10.5 Å². The summed E-state index contributed by atoms with van der Waals surface area (Å²) in [5.41, 5.74) is 6.78. The zero-order chi connectivity index (χ0) is 13.9. The van der Waals surface area contributed by atoms with Crippen molar-refractivity contribution in [1.82, 2.24) is 9.97 Å². The Morgan fingerprint density at radius 2 is 1.89 bits per heavy atom. The van der Waals surface area contributed by atoms with Crippen LogP contribution in [0.25, 0.3) is 0 Å². The van der Waals surface area contributed by atoms with Gasteiger partial charge in [-0.1, -0.05) is 20.8 Å². The van der Waals surface area contributed by atoms with E-state index in [0.29, 0.717) is 12.4 Å². The minimum Gasteiger partial charge on any atom is -0.383 e. The molecule has 0 saturated carbocycles. The van der Waals surface area contributed by atoms with Crippen LogP contribution >= 0.6 is 0 Å². The summed E-state index contributed by atoms with van der Waals surface area (Å²) in [6, 6.07) is 0. The number of likely N-dealkylation sites (N-methyl/N-ethyl adjacent to an activating group) is 1. The summed E-state index contributed by atoms with van der Waals surface area (Å²) < 4.78 is 5.09. The first-order valence-corrected chi connectivity index (χ1v) is 6.12. The highest BCUT2D eigenvalue weighted by Gasteiger charge is 2.21. The van der Waals surface area contributed by atoms with Crippen molar-refractivity contribution in [2.45, 2.75) is 33.1 Å². The maximum absolute atomic E-state index is 5.98. The average molecular weight is 252 g/mol. The molecule has 0 amide bonds. The second-order valence-electron chi connectivity index (χ2n) is 5.55. The zero-order valence-electron chi connectivity index (χ0n) is 12.2. The molecule has 18 heavy (non-hydrogen) atoms. The number of hydrogen-bond donors (Lipinski definition) is 1. The van der Waals surface area contributed by atoms with Crippen molar-refractivity contribution >= 4 is 11.6 Å². The Hall–Kier alpha value is -1.36. The van der Waals surface area contributed by atoms with Crippen LogP contribution in [0.3, 0.4) is 0 Å². The summed E-state index contributed by atoms with van der Waals surface area (Å²) in [4.78, 5) is 11.1. The van der Waals surface area contributed by atoms with Crippen molar-refractivity contribution in [3.8, 4) is 0 Å². The van der Waals surface area contributed by atoms with Gasteiger partial charge in [-0.2, -0.15) is 0 Å². The largest absolute Gasteiger partial charge is 0.383 e. The second kappa shape index (κ2) is 5.52. The Bertz CT molecular complexity index is 412. The molecule has 0 radical (unpaired) electrons. The van der Waals surface area contributed by atoms with Gasteiger partial charge in [0.1, 0.15) is 17.5 Å². The Morgan fingerprint density at radius 1 is 1.28 bits per heavy atom. The molecule has 0 aliphatic carbocycles. The van der Waals surface area contributed by atoms with Gasteiger partial charge in [0, 0.05) is 31.7 Å². The summed E-state index contributed by atoms with van der Waals surface area (Å²) >= 11 is 0. The van der Waals surface area contributed by atoms with E-state index in [9.17, 15) is 0 Å². The topological polar surface area (TPSA) is 64.3 Å². The van der Waals surface area contributed by atoms with Crippen LogP contribution in [-0.4, -0.2) is 37.3 Å². The van der Waals surface area contributed by atoms with Gasteiger partial charge in [-0.05, 0) is 6.92 Å². The standard InChI is InChI=1S/C13H24N4O/c1-9-10(14)15-12(13(2,3)4)16-11(9)17(5)7-8-18-6/h7-8H2,1-6H3,(H2,14,15,16). The minimum absolute atomic E-state index is 0.112. The Morgan fingerprint density at radius 3 is 2.39 bits per heavy atom. The summed E-state index contributed by atoms with van der Waals surface area (Å²) in [5, 5.41) is 0. The highest BCUT2D eigenvalue weighted by atomic mass is 16.5. The molecule has 0 bridgehead atoms. The first-order valence-electron chi connectivity index (χ1n) is 6.12. The molecule has 102 valence electrons. The number of methoxy groups -OCH3 is 1. The first-order chi connectivity index (χ1) is 8.27. The van der Waals surface area contributed by atoms with Gasteiger partial charge in [-0.3, -0.25) is 0 Å². The van der Waals surface area contributed by atoms with Crippen molar-refractivity contribution in [1.29, 1.82) is 0 Å². The number of aromatic nitrogens is 2. The lowest BCUT2D eigenvalue weighted by atomic mass is 9.95. The molecule has 1 aromatic rings. The van der Waals surface area contributed by atoms with E-state index in [0.717, 1.165) is 23.8 Å². The van der Waals surface area contributed by atoms with Gasteiger partial charge in [0.2, 0.25) is 0 Å². The summed E-state index contributed by atoms with van der Waals surface area (Å²) in [7, 11) is 3.68. The van der Waals surface area contributed by atoms with Crippen LogP contribution < -0.4 is 10.6 Å². The molecular formula is C13H24N4O. The number of nitrogens with zero attached hydrogens (tertiary/aromatic N) is 3. The molecule has 1 heterocycles. The molecule has 5 nitrogen and oxygen atoms in total. The van der Waals surface area contributed by atoms with Crippen LogP contribution in [-0.2, 0) is 10.2 Å². The van der Waals surface area contributed by atoms with Gasteiger partial charge in [-0.25, -0.2) is 9.97 Å². The minimum atomic E-state index is -0.112. The SMILES string of the molecule is COCCN(C)c1nc(C(C)(C)C)nc(N)c1C. The molecule has 1 rings (SSSR count). The molecule has 0 aliphatic heterocycles. The number of anilines is 2. The van der Waals surface area contributed by atoms with Crippen LogP contribution in [0.5, 0.6) is 0 Å². The predicted octanol–water partition coefficient (Wildman–Crippen LogP) is 1.75. The molecule has 5 heteroatoms. The lowest BCUT2D eigenvalue weighted by Crippen LogP contribution is -2.27. The van der Waals surface area contributed by atoms with Gasteiger partial charge in [0.15, 0.2) is 0 Å². The lowest BCUT2D eigenvalue weighted by Gasteiger charge is -2.24. The van der Waals surface area contributed by atoms with Crippen molar-refractivity contribution in [2.24, 2.45) is 0 Å². The van der Waals surface area contributed by atoms with Gasteiger partial charge in [-0.15, -0.1) is 0 Å². The van der Waals surface area contributed by atoms with E-state index in [1.165, 1.54) is 0 Å². The molecule has 0 unspecified atom stereocenters. The lowest BCUT2D eigenvalue weighted by molar-refractivity contribution is 0.206. The summed E-state index contributed by atoms with van der Waals surface area (Å²) in [6.45, 7) is 9.62. The molecular weight excluding hydrogens is 228 g/mol. The smallest absolute Gasteiger partial charge is 0.138 e. The van der Waals surface area contributed by atoms with Gasteiger partial charge < -0.3 is 15.4 Å². The van der Waals surface area contributed by atoms with E-state index in [1.807, 2.05) is 18.9 Å². The molecule has 0 aliphatic rings. The number of nitrogens with two attached hydrogens (primary N) is 1. The third-order valence-corrected chi connectivity index (χ3v) is 2.82. The van der Waals surface area contributed by atoms with Crippen molar-refractivity contribution < 1.29 is 4.74 Å². The first kappa shape index (κ1) is 14.7. The monoisotopic (exact) mass is 252 g/mol. The summed E-state index contributed by atoms with van der Waals surface area (Å²) in [5.74, 6) is 2.20. The quantitative estimate of drug-likeness (QED) is 0.884. The molecule has 1 aromatic heterocycles. The highest BCUT2D eigenvalue weighted by Crippen LogP contribution is 2.26. The number of hydrogen-bond acceptors (Lipinski definition) is 5. The normalized spacial score (nSPS) is 11.7. The van der Waals surface area contributed by atoms with Crippen LogP contribution in [0.1, 0.15) is 32.2 Å². The van der Waals surface area contributed by atoms with Crippen molar-refractivity contribution in [3.05, 3.63) is 11.4 Å². The van der Waals surface area contributed by atoms with Crippen LogP contribution in [0.4, 0.5) is 11.6 Å². The molecule has 2 N–H and O–H groups in total. The number of ether oxygens (including phenoxy) is 1. The Kier molecular flexibility index (Phi) is 4.51. The van der Waals surface area contributed by atoms with Crippen molar-refractivity contribution in [2.75, 3.05) is 37.9 Å². The van der Waals surface area contributed by atoms with E-state index in [-0.39, 0.29) is 5.41 Å². The van der Waals surface area contributed by atoms with E-state index < -0.39 is 0 Å². The maximum atomic E-state index is 5.98. The van der Waals surface area contributed by atoms with Gasteiger partial charge in [0.25, 0.3) is 0 Å². The third-order valence-electron chi connectivity index (χ3n) is 2.82. The van der Waals surface area contributed by atoms with Gasteiger partial charge >= 0.3 is 0 Å². The molecule has 0 aromatic carbocycles. The number of rotatable bonds is 4. The molecule has 0 spiro atoms. The maximum Gasteiger partial charge on any atom is 0.138 e. The van der Waals surface area contributed by atoms with Gasteiger partial charge in [0.05, 0.1) is 6.61 Å². The van der Waals surface area contributed by atoms with E-state index in [2.05, 4.69) is 30.7 Å².